The maximum Gasteiger partial charge on any atom is 0.331 e. The Morgan fingerprint density at radius 2 is 1.80 bits per heavy atom. The number of aliphatic carboxylic acids is 1. The molecule has 1 N–H and O–H groups in total. The Balaban J connectivity index is 1.68. The SMILES string of the molecule is CO/C(=C/C(=O)O)COc1ccccc1Oc1cc(-c2c(Cl)n3n(c2=O)CCCC3)c(F)cc1Cl. The minimum atomic E-state index is -1.18. The molecular formula is C24H21Cl2FN2O6. The summed E-state index contributed by atoms with van der Waals surface area (Å²) in [6, 6.07) is 8.98. The number of nitrogens with zero attached hydrogens (tertiary/aromatic N) is 2. The van der Waals surface area contributed by atoms with Crippen LogP contribution >= 0.6 is 23.2 Å². The minimum absolute atomic E-state index is 0.0235. The van der Waals surface area contributed by atoms with E-state index in [4.69, 9.17) is 42.5 Å². The zero-order chi connectivity index (χ0) is 25.1. The van der Waals surface area contributed by atoms with E-state index < -0.39 is 11.8 Å². The smallest absolute Gasteiger partial charge is 0.331 e. The van der Waals surface area contributed by atoms with Gasteiger partial charge in [-0.05, 0) is 37.1 Å². The lowest BCUT2D eigenvalue weighted by atomic mass is 10.1. The second-order valence-corrected chi connectivity index (χ2v) is 8.44. The van der Waals surface area contributed by atoms with E-state index in [-0.39, 0.29) is 56.5 Å². The largest absolute Gasteiger partial charge is 0.497 e. The lowest BCUT2D eigenvalue weighted by molar-refractivity contribution is -0.131. The number of hydrogen-bond donors (Lipinski definition) is 1. The summed E-state index contributed by atoms with van der Waals surface area (Å²) in [6.45, 7) is 0.896. The zero-order valence-electron chi connectivity index (χ0n) is 18.6. The van der Waals surface area contributed by atoms with E-state index in [1.807, 2.05) is 0 Å². The van der Waals surface area contributed by atoms with Crippen LogP contribution in [0.1, 0.15) is 12.8 Å². The van der Waals surface area contributed by atoms with Crippen LogP contribution in [0.5, 0.6) is 17.2 Å². The molecule has 3 aromatic rings. The van der Waals surface area contributed by atoms with Crippen molar-refractivity contribution in [1.82, 2.24) is 9.36 Å². The van der Waals surface area contributed by atoms with Crippen molar-refractivity contribution in [1.29, 1.82) is 0 Å². The number of benzene rings is 2. The second-order valence-electron chi connectivity index (χ2n) is 7.68. The molecule has 2 heterocycles. The number of rotatable bonds is 8. The van der Waals surface area contributed by atoms with Gasteiger partial charge in [-0.1, -0.05) is 35.3 Å². The lowest BCUT2D eigenvalue weighted by Gasteiger charge is -2.17. The van der Waals surface area contributed by atoms with Crippen molar-refractivity contribution in [2.75, 3.05) is 13.7 Å². The fourth-order valence-electron chi connectivity index (χ4n) is 3.77. The lowest BCUT2D eigenvalue weighted by Crippen LogP contribution is -2.27. The molecule has 0 aliphatic carbocycles. The maximum atomic E-state index is 15.0. The van der Waals surface area contributed by atoms with E-state index in [9.17, 15) is 14.0 Å². The van der Waals surface area contributed by atoms with Gasteiger partial charge in [0, 0.05) is 18.7 Å². The molecule has 8 nitrogen and oxygen atoms in total. The molecule has 0 radical (unpaired) electrons. The van der Waals surface area contributed by atoms with E-state index in [1.165, 1.54) is 17.9 Å². The van der Waals surface area contributed by atoms with Gasteiger partial charge in [-0.15, -0.1) is 0 Å². The van der Waals surface area contributed by atoms with Gasteiger partial charge in [0.05, 0.1) is 23.8 Å². The summed E-state index contributed by atoms with van der Waals surface area (Å²) in [5.41, 5.74) is -0.373. The normalized spacial score (nSPS) is 13.3. The summed E-state index contributed by atoms with van der Waals surface area (Å²) >= 11 is 12.7. The van der Waals surface area contributed by atoms with Crippen LogP contribution in [0.2, 0.25) is 10.2 Å². The van der Waals surface area contributed by atoms with Crippen LogP contribution < -0.4 is 15.0 Å². The fourth-order valence-corrected chi connectivity index (χ4v) is 4.32. The number of para-hydroxylation sites is 2. The van der Waals surface area contributed by atoms with Crippen LogP contribution in [-0.4, -0.2) is 34.2 Å². The molecule has 4 rings (SSSR count). The highest BCUT2D eigenvalue weighted by Crippen LogP contribution is 2.40. The van der Waals surface area contributed by atoms with Crippen LogP contribution in [0.3, 0.4) is 0 Å². The third kappa shape index (κ3) is 5.16. The first-order valence-electron chi connectivity index (χ1n) is 10.7. The van der Waals surface area contributed by atoms with Crippen LogP contribution in [0.25, 0.3) is 11.1 Å². The van der Waals surface area contributed by atoms with Gasteiger partial charge in [0.15, 0.2) is 11.5 Å². The molecule has 0 bridgehead atoms. The summed E-state index contributed by atoms with van der Waals surface area (Å²) in [5, 5.41) is 9.04. The zero-order valence-corrected chi connectivity index (χ0v) is 20.1. The number of hydrogen-bond acceptors (Lipinski definition) is 5. The molecule has 2 aromatic carbocycles. The number of carboxylic acids is 1. The first-order chi connectivity index (χ1) is 16.8. The van der Waals surface area contributed by atoms with E-state index in [1.54, 1.807) is 28.9 Å². The Morgan fingerprint density at radius 3 is 2.46 bits per heavy atom. The van der Waals surface area contributed by atoms with Gasteiger partial charge < -0.3 is 19.3 Å². The average Bonchev–Trinajstić information content (AvgIpc) is 3.09. The molecule has 184 valence electrons. The van der Waals surface area contributed by atoms with Crippen molar-refractivity contribution < 1.29 is 28.5 Å². The molecule has 0 fully saturated rings. The minimum Gasteiger partial charge on any atom is -0.497 e. The van der Waals surface area contributed by atoms with Crippen molar-refractivity contribution in [2.24, 2.45) is 0 Å². The molecule has 0 saturated heterocycles. The van der Waals surface area contributed by atoms with Crippen molar-refractivity contribution >= 4 is 29.2 Å². The van der Waals surface area contributed by atoms with E-state index in [0.29, 0.717) is 13.1 Å². The van der Waals surface area contributed by atoms with Gasteiger partial charge >= 0.3 is 5.97 Å². The highest BCUT2D eigenvalue weighted by Gasteiger charge is 2.25. The molecule has 11 heteroatoms. The molecule has 0 spiro atoms. The molecule has 0 atom stereocenters. The Bertz CT molecular complexity index is 1360. The van der Waals surface area contributed by atoms with E-state index >= 15 is 0 Å². The molecular weight excluding hydrogens is 502 g/mol. The summed E-state index contributed by atoms with van der Waals surface area (Å²) in [6.07, 6.45) is 2.58. The topological polar surface area (TPSA) is 91.9 Å². The number of ether oxygens (including phenoxy) is 3. The standard InChI is InChI=1S/C24H21Cl2FN2O6/c1-33-14(10-21(30)31)13-34-18-6-2-3-7-19(18)35-20-11-15(17(27)12-16(20)25)22-23(26)28-8-4-5-9-29(28)24(22)32/h2-3,6-7,10-12H,4-5,8-9,13H2,1H3,(H,30,31)/b14-10+. The van der Waals surface area contributed by atoms with Gasteiger partial charge in [-0.3, -0.25) is 9.48 Å². The molecule has 0 saturated carbocycles. The second kappa shape index (κ2) is 10.5. The number of halogens is 3. The van der Waals surface area contributed by atoms with Crippen LogP contribution in [0.4, 0.5) is 4.39 Å². The number of fused-ring (bicyclic) bond motifs is 1. The van der Waals surface area contributed by atoms with Gasteiger partial charge in [-0.2, -0.15) is 0 Å². The quantitative estimate of drug-likeness (QED) is 0.317. The van der Waals surface area contributed by atoms with Crippen LogP contribution in [0.15, 0.2) is 53.0 Å². The van der Waals surface area contributed by atoms with E-state index in [2.05, 4.69) is 0 Å². The van der Waals surface area contributed by atoms with Crippen molar-refractivity contribution in [3.05, 3.63) is 74.6 Å². The van der Waals surface area contributed by atoms with Crippen molar-refractivity contribution in [3.8, 4) is 28.4 Å². The number of carbonyl (C=O) groups is 1. The highest BCUT2D eigenvalue weighted by molar-refractivity contribution is 6.33. The Hall–Kier alpha value is -3.43. The van der Waals surface area contributed by atoms with Gasteiger partial charge in [0.2, 0.25) is 0 Å². The Kier molecular flexibility index (Phi) is 7.37. The summed E-state index contributed by atoms with van der Waals surface area (Å²) in [5.74, 6) is -1.23. The average molecular weight is 523 g/mol. The fraction of sp³-hybridized carbons (Fsp3) is 0.250. The highest BCUT2D eigenvalue weighted by atomic mass is 35.5. The Labute approximate surface area is 209 Å². The predicted octanol–water partition coefficient (Wildman–Crippen LogP) is 5.34. The third-order valence-corrected chi connectivity index (χ3v) is 6.12. The number of methoxy groups -OCH3 is 1. The predicted molar refractivity (Wildman–Crippen MR) is 128 cm³/mol. The molecule has 1 aliphatic rings. The Morgan fingerprint density at radius 1 is 1.11 bits per heavy atom. The monoisotopic (exact) mass is 522 g/mol. The maximum absolute atomic E-state index is 15.0. The summed E-state index contributed by atoms with van der Waals surface area (Å²) in [4.78, 5) is 23.9. The first kappa shape index (κ1) is 24.7. The molecule has 0 amide bonds. The summed E-state index contributed by atoms with van der Waals surface area (Å²) < 4.78 is 34.7. The first-order valence-corrected chi connectivity index (χ1v) is 11.4. The van der Waals surface area contributed by atoms with Gasteiger partial charge in [0.25, 0.3) is 5.56 Å². The summed E-state index contributed by atoms with van der Waals surface area (Å²) in [7, 11) is 1.33. The van der Waals surface area contributed by atoms with Gasteiger partial charge in [0.1, 0.15) is 29.1 Å². The number of aromatic nitrogens is 2. The van der Waals surface area contributed by atoms with Crippen LogP contribution in [0, 0.1) is 5.82 Å². The number of carboxylic acid groups (broad SMARTS) is 1. The third-order valence-electron chi connectivity index (χ3n) is 5.44. The molecule has 0 unspecified atom stereocenters. The molecule has 1 aromatic heterocycles. The molecule has 1 aliphatic heterocycles. The van der Waals surface area contributed by atoms with Gasteiger partial charge in [-0.25, -0.2) is 13.9 Å². The molecule has 35 heavy (non-hydrogen) atoms. The van der Waals surface area contributed by atoms with Crippen molar-refractivity contribution in [3.63, 3.8) is 0 Å². The van der Waals surface area contributed by atoms with Crippen molar-refractivity contribution in [2.45, 2.75) is 25.9 Å². The van der Waals surface area contributed by atoms with E-state index in [0.717, 1.165) is 25.0 Å². The van der Waals surface area contributed by atoms with Crippen LogP contribution in [-0.2, 0) is 22.6 Å².